The molecule has 4 heteroatoms. The Bertz CT molecular complexity index is 304. The molecule has 0 atom stereocenters. The van der Waals surface area contributed by atoms with Crippen molar-refractivity contribution in [1.82, 2.24) is 15.6 Å². The summed E-state index contributed by atoms with van der Waals surface area (Å²) in [6.07, 6.45) is 2.96. The molecule has 4 nitrogen and oxygen atoms in total. The molecule has 17 heavy (non-hydrogen) atoms. The first-order valence-electron chi connectivity index (χ1n) is 6.15. The van der Waals surface area contributed by atoms with E-state index in [9.17, 15) is 0 Å². The van der Waals surface area contributed by atoms with Crippen LogP contribution in [-0.2, 0) is 11.3 Å². The average Bonchev–Trinajstić information content (AvgIpc) is 2.35. The van der Waals surface area contributed by atoms with Crippen LogP contribution in [0.1, 0.15) is 17.7 Å². The minimum Gasteiger partial charge on any atom is -0.383 e. The molecule has 1 heterocycles. The van der Waals surface area contributed by atoms with Crippen molar-refractivity contribution in [1.29, 1.82) is 0 Å². The SMILES string of the molecule is COCCNCCCNCc1ncccc1C. The van der Waals surface area contributed by atoms with E-state index in [2.05, 4.69) is 28.6 Å². The van der Waals surface area contributed by atoms with Gasteiger partial charge in [-0.05, 0) is 38.1 Å². The summed E-state index contributed by atoms with van der Waals surface area (Å²) in [5, 5.41) is 6.72. The van der Waals surface area contributed by atoms with Crippen LogP contribution in [0.3, 0.4) is 0 Å². The molecule has 0 fully saturated rings. The maximum atomic E-state index is 4.95. The second-order valence-corrected chi connectivity index (χ2v) is 4.04. The number of hydrogen-bond acceptors (Lipinski definition) is 4. The van der Waals surface area contributed by atoms with Gasteiger partial charge >= 0.3 is 0 Å². The molecule has 0 unspecified atom stereocenters. The van der Waals surface area contributed by atoms with Gasteiger partial charge in [-0.3, -0.25) is 4.98 Å². The zero-order chi connectivity index (χ0) is 12.3. The average molecular weight is 237 g/mol. The van der Waals surface area contributed by atoms with Crippen LogP contribution >= 0.6 is 0 Å². The highest BCUT2D eigenvalue weighted by Gasteiger charge is 1.97. The van der Waals surface area contributed by atoms with E-state index in [1.54, 1.807) is 7.11 Å². The van der Waals surface area contributed by atoms with Crippen molar-refractivity contribution in [2.24, 2.45) is 0 Å². The molecule has 0 aliphatic rings. The van der Waals surface area contributed by atoms with Gasteiger partial charge in [-0.15, -0.1) is 0 Å². The molecule has 0 aliphatic heterocycles. The fraction of sp³-hybridized carbons (Fsp3) is 0.615. The van der Waals surface area contributed by atoms with Gasteiger partial charge in [-0.25, -0.2) is 0 Å². The summed E-state index contributed by atoms with van der Waals surface area (Å²) >= 11 is 0. The number of methoxy groups -OCH3 is 1. The predicted octanol–water partition coefficient (Wildman–Crippen LogP) is 1.11. The van der Waals surface area contributed by atoms with E-state index in [0.717, 1.165) is 44.9 Å². The van der Waals surface area contributed by atoms with Gasteiger partial charge in [0.15, 0.2) is 0 Å². The number of aryl methyl sites for hydroxylation is 1. The van der Waals surface area contributed by atoms with Crippen molar-refractivity contribution < 1.29 is 4.74 Å². The number of pyridine rings is 1. The molecule has 96 valence electrons. The molecule has 0 aliphatic carbocycles. The summed E-state index contributed by atoms with van der Waals surface area (Å²) in [6, 6.07) is 4.06. The topological polar surface area (TPSA) is 46.2 Å². The smallest absolute Gasteiger partial charge is 0.0587 e. The van der Waals surface area contributed by atoms with Gasteiger partial charge in [0.1, 0.15) is 0 Å². The van der Waals surface area contributed by atoms with E-state index < -0.39 is 0 Å². The Morgan fingerprint density at radius 1 is 1.24 bits per heavy atom. The molecule has 1 aromatic heterocycles. The van der Waals surface area contributed by atoms with Crippen LogP contribution in [0.2, 0.25) is 0 Å². The highest BCUT2D eigenvalue weighted by Crippen LogP contribution is 2.01. The van der Waals surface area contributed by atoms with Crippen LogP contribution < -0.4 is 10.6 Å². The van der Waals surface area contributed by atoms with Crippen LogP contribution in [0.15, 0.2) is 18.3 Å². The highest BCUT2D eigenvalue weighted by molar-refractivity contribution is 5.17. The van der Waals surface area contributed by atoms with Gasteiger partial charge in [0.25, 0.3) is 0 Å². The largest absolute Gasteiger partial charge is 0.383 e. The lowest BCUT2D eigenvalue weighted by Crippen LogP contribution is -2.24. The minimum atomic E-state index is 0.778. The number of rotatable bonds is 9. The predicted molar refractivity (Wildman–Crippen MR) is 70.0 cm³/mol. The van der Waals surface area contributed by atoms with Crippen LogP contribution in [0.25, 0.3) is 0 Å². The summed E-state index contributed by atoms with van der Waals surface area (Å²) in [5.41, 5.74) is 2.39. The minimum absolute atomic E-state index is 0.778. The second-order valence-electron chi connectivity index (χ2n) is 4.04. The van der Waals surface area contributed by atoms with Crippen molar-refractivity contribution in [3.8, 4) is 0 Å². The Morgan fingerprint density at radius 2 is 2.06 bits per heavy atom. The number of aromatic nitrogens is 1. The molecular weight excluding hydrogens is 214 g/mol. The van der Waals surface area contributed by atoms with Crippen molar-refractivity contribution in [2.75, 3.05) is 33.4 Å². The first-order valence-corrected chi connectivity index (χ1v) is 6.15. The van der Waals surface area contributed by atoms with Crippen molar-refractivity contribution in [2.45, 2.75) is 19.9 Å². The normalized spacial score (nSPS) is 10.7. The highest BCUT2D eigenvalue weighted by atomic mass is 16.5. The Hall–Kier alpha value is -0.970. The van der Waals surface area contributed by atoms with E-state index in [4.69, 9.17) is 4.74 Å². The fourth-order valence-electron chi connectivity index (χ4n) is 1.55. The van der Waals surface area contributed by atoms with Gasteiger partial charge < -0.3 is 15.4 Å². The molecule has 1 rings (SSSR count). The van der Waals surface area contributed by atoms with Gasteiger partial charge in [-0.2, -0.15) is 0 Å². The first kappa shape index (κ1) is 14.1. The molecule has 0 saturated carbocycles. The first-order chi connectivity index (χ1) is 8.34. The van der Waals surface area contributed by atoms with Crippen molar-refractivity contribution >= 4 is 0 Å². The van der Waals surface area contributed by atoms with Crippen LogP contribution in [-0.4, -0.2) is 38.3 Å². The number of nitrogens with one attached hydrogen (secondary N) is 2. The lowest BCUT2D eigenvalue weighted by atomic mass is 10.2. The number of ether oxygens (including phenoxy) is 1. The lowest BCUT2D eigenvalue weighted by Gasteiger charge is -2.07. The standard InChI is InChI=1S/C13H23N3O/c1-12-5-3-8-16-13(12)11-15-7-4-6-14-9-10-17-2/h3,5,8,14-15H,4,6-7,9-11H2,1-2H3. The van der Waals surface area contributed by atoms with Gasteiger partial charge in [0.05, 0.1) is 12.3 Å². The molecule has 0 bridgehead atoms. The van der Waals surface area contributed by atoms with E-state index in [1.165, 1.54) is 5.56 Å². The Kier molecular flexibility index (Phi) is 7.54. The summed E-state index contributed by atoms with van der Waals surface area (Å²) in [4.78, 5) is 4.34. The molecule has 0 amide bonds. The maximum absolute atomic E-state index is 4.95. The van der Waals surface area contributed by atoms with E-state index in [-0.39, 0.29) is 0 Å². The van der Waals surface area contributed by atoms with E-state index >= 15 is 0 Å². The summed E-state index contributed by atoms with van der Waals surface area (Å²) < 4.78 is 4.95. The molecule has 1 aromatic rings. The Labute approximate surface area is 104 Å². The van der Waals surface area contributed by atoms with Crippen LogP contribution in [0, 0.1) is 6.92 Å². The summed E-state index contributed by atoms with van der Waals surface area (Å²) in [7, 11) is 1.72. The van der Waals surface area contributed by atoms with Gasteiger partial charge in [0, 0.05) is 26.4 Å². The zero-order valence-corrected chi connectivity index (χ0v) is 10.8. The second kappa shape index (κ2) is 9.10. The van der Waals surface area contributed by atoms with Crippen LogP contribution in [0.5, 0.6) is 0 Å². The molecule has 0 saturated heterocycles. The van der Waals surface area contributed by atoms with E-state index in [0.29, 0.717) is 0 Å². The molecular formula is C13H23N3O. The number of hydrogen-bond donors (Lipinski definition) is 2. The molecule has 0 radical (unpaired) electrons. The Balaban J connectivity index is 1.99. The third kappa shape index (κ3) is 6.36. The third-order valence-corrected chi connectivity index (χ3v) is 2.60. The third-order valence-electron chi connectivity index (χ3n) is 2.60. The van der Waals surface area contributed by atoms with E-state index in [1.807, 2.05) is 12.3 Å². The summed E-state index contributed by atoms with van der Waals surface area (Å²) in [6.45, 7) is 6.69. The maximum Gasteiger partial charge on any atom is 0.0587 e. The monoisotopic (exact) mass is 237 g/mol. The fourth-order valence-corrected chi connectivity index (χ4v) is 1.55. The summed E-state index contributed by atoms with van der Waals surface area (Å²) in [5.74, 6) is 0. The van der Waals surface area contributed by atoms with Crippen LogP contribution in [0.4, 0.5) is 0 Å². The molecule has 0 aromatic carbocycles. The lowest BCUT2D eigenvalue weighted by molar-refractivity contribution is 0.199. The van der Waals surface area contributed by atoms with Gasteiger partial charge in [-0.1, -0.05) is 6.07 Å². The quantitative estimate of drug-likeness (QED) is 0.632. The number of nitrogens with zero attached hydrogens (tertiary/aromatic N) is 1. The van der Waals surface area contributed by atoms with Crippen molar-refractivity contribution in [3.05, 3.63) is 29.6 Å². The van der Waals surface area contributed by atoms with Gasteiger partial charge in [0.2, 0.25) is 0 Å². The molecule has 2 N–H and O–H groups in total. The van der Waals surface area contributed by atoms with Crippen molar-refractivity contribution in [3.63, 3.8) is 0 Å². The zero-order valence-electron chi connectivity index (χ0n) is 10.8. The Morgan fingerprint density at radius 3 is 2.82 bits per heavy atom. The molecule has 0 spiro atoms.